The van der Waals surface area contributed by atoms with E-state index in [2.05, 4.69) is 6.92 Å². The van der Waals surface area contributed by atoms with Crippen LogP contribution in [0.25, 0.3) is 16.7 Å². The molecule has 2 aromatic heterocycles. The predicted octanol–water partition coefficient (Wildman–Crippen LogP) is 2.61. The van der Waals surface area contributed by atoms with Crippen molar-refractivity contribution in [3.63, 3.8) is 0 Å². The lowest BCUT2D eigenvalue weighted by molar-refractivity contribution is 0.410. The number of aromatic nitrogens is 1. The van der Waals surface area contributed by atoms with Crippen molar-refractivity contribution in [2.45, 2.75) is 31.6 Å². The summed E-state index contributed by atoms with van der Waals surface area (Å²) in [6.07, 6.45) is 2.47. The van der Waals surface area contributed by atoms with Crippen LogP contribution in [0.4, 0.5) is 0 Å². The van der Waals surface area contributed by atoms with Crippen LogP contribution in [0.5, 0.6) is 11.5 Å². The maximum Gasteiger partial charge on any atom is 0.339 e. The molecule has 1 atom stereocenters. The Labute approximate surface area is 148 Å². The molecule has 0 saturated heterocycles. The van der Waals surface area contributed by atoms with Crippen molar-refractivity contribution in [2.24, 2.45) is 0 Å². The predicted molar refractivity (Wildman–Crippen MR) is 95.7 cm³/mol. The average Bonchev–Trinajstić information content (AvgIpc) is 2.88. The van der Waals surface area contributed by atoms with Crippen LogP contribution in [-0.2, 0) is 11.8 Å². The van der Waals surface area contributed by atoms with Gasteiger partial charge in [-0.3, -0.25) is 9.36 Å². The number of ether oxygens (including phenoxy) is 1. The zero-order chi connectivity index (χ0) is 18.2. The summed E-state index contributed by atoms with van der Waals surface area (Å²) in [5.41, 5.74) is 2.34. The van der Waals surface area contributed by atoms with Gasteiger partial charge in [0.05, 0.1) is 18.9 Å². The van der Waals surface area contributed by atoms with Gasteiger partial charge in [-0.15, -0.1) is 0 Å². The molecule has 132 valence electrons. The fourth-order valence-corrected chi connectivity index (χ4v) is 4.68. The Morgan fingerprint density at radius 2 is 2.08 bits per heavy atom. The van der Waals surface area contributed by atoms with Crippen molar-refractivity contribution < 1.29 is 14.3 Å². The lowest BCUT2D eigenvalue weighted by atomic mass is 9.71. The minimum atomic E-state index is -0.653. The number of methoxy groups -OCH3 is 1. The summed E-state index contributed by atoms with van der Waals surface area (Å²) >= 11 is 0. The standard InChI is InChI=1S/C20H17NO5/c1-20-7-3-4-11-17-16(14(22)9-15(23)26-17)19(24)21(18(11)20)13-6-5-10(25-2)8-12(13)20/h5-6,8-9,22H,3-4,7H2,1-2H3/t20-/m1/s1. The van der Waals surface area contributed by atoms with Crippen LogP contribution in [0.3, 0.4) is 0 Å². The molecule has 1 aromatic carbocycles. The van der Waals surface area contributed by atoms with Gasteiger partial charge in [0.1, 0.15) is 16.9 Å². The maximum atomic E-state index is 13.3. The lowest BCUT2D eigenvalue weighted by Crippen LogP contribution is -2.31. The second kappa shape index (κ2) is 4.78. The number of hydrogen-bond donors (Lipinski definition) is 1. The summed E-state index contributed by atoms with van der Waals surface area (Å²) in [4.78, 5) is 25.1. The van der Waals surface area contributed by atoms with Crippen LogP contribution < -0.4 is 15.9 Å². The molecule has 26 heavy (non-hydrogen) atoms. The summed E-state index contributed by atoms with van der Waals surface area (Å²) in [6.45, 7) is 2.11. The summed E-state index contributed by atoms with van der Waals surface area (Å²) in [5, 5.41) is 10.3. The Kier molecular flexibility index (Phi) is 2.81. The number of pyridine rings is 1. The normalized spacial score (nSPS) is 20.1. The van der Waals surface area contributed by atoms with Crippen LogP contribution in [-0.4, -0.2) is 16.8 Å². The fourth-order valence-electron chi connectivity index (χ4n) is 4.68. The summed E-state index contributed by atoms with van der Waals surface area (Å²) in [6, 6.07) is 6.63. The van der Waals surface area contributed by atoms with Gasteiger partial charge in [0, 0.05) is 16.7 Å². The summed E-state index contributed by atoms with van der Waals surface area (Å²) in [5.74, 6) is 0.402. The van der Waals surface area contributed by atoms with Gasteiger partial charge >= 0.3 is 5.63 Å². The van der Waals surface area contributed by atoms with Crippen molar-refractivity contribution in [3.05, 3.63) is 61.9 Å². The number of aromatic hydroxyl groups is 1. The third kappa shape index (κ3) is 1.66. The second-order valence-corrected chi connectivity index (χ2v) is 7.19. The highest BCUT2D eigenvalue weighted by Crippen LogP contribution is 2.51. The van der Waals surface area contributed by atoms with E-state index in [0.29, 0.717) is 6.42 Å². The Morgan fingerprint density at radius 3 is 2.85 bits per heavy atom. The zero-order valence-corrected chi connectivity index (χ0v) is 14.5. The Morgan fingerprint density at radius 1 is 1.27 bits per heavy atom. The van der Waals surface area contributed by atoms with Gasteiger partial charge in [-0.2, -0.15) is 0 Å². The first-order valence-electron chi connectivity index (χ1n) is 8.60. The monoisotopic (exact) mass is 351 g/mol. The molecule has 0 spiro atoms. The molecule has 0 amide bonds. The lowest BCUT2D eigenvalue weighted by Gasteiger charge is -2.32. The third-order valence-electron chi connectivity index (χ3n) is 5.81. The minimum absolute atomic E-state index is 0.0660. The van der Waals surface area contributed by atoms with Gasteiger partial charge in [0.25, 0.3) is 5.56 Å². The van der Waals surface area contributed by atoms with Gasteiger partial charge in [0.2, 0.25) is 0 Å². The Balaban J connectivity index is 2.03. The molecule has 2 aliphatic rings. The van der Waals surface area contributed by atoms with Gasteiger partial charge < -0.3 is 14.3 Å². The molecular formula is C20H17NO5. The van der Waals surface area contributed by atoms with Crippen LogP contribution in [0.1, 0.15) is 36.6 Å². The highest BCUT2D eigenvalue weighted by atomic mass is 16.5. The number of aryl methyl sites for hydroxylation is 1. The summed E-state index contributed by atoms with van der Waals surface area (Å²) in [7, 11) is 1.62. The van der Waals surface area contributed by atoms with Crippen molar-refractivity contribution in [1.82, 2.24) is 4.57 Å². The van der Waals surface area contributed by atoms with Crippen LogP contribution >= 0.6 is 0 Å². The molecule has 0 unspecified atom stereocenters. The molecule has 5 rings (SSSR count). The van der Waals surface area contributed by atoms with E-state index in [0.717, 1.165) is 47.2 Å². The molecular weight excluding hydrogens is 334 g/mol. The number of nitrogens with zero attached hydrogens (tertiary/aromatic N) is 1. The molecule has 6 nitrogen and oxygen atoms in total. The van der Waals surface area contributed by atoms with E-state index in [-0.39, 0.29) is 27.7 Å². The quantitative estimate of drug-likeness (QED) is 0.729. The van der Waals surface area contributed by atoms with E-state index in [1.54, 1.807) is 11.7 Å². The molecule has 3 aromatic rings. The topological polar surface area (TPSA) is 81.7 Å². The van der Waals surface area contributed by atoms with Crippen molar-refractivity contribution in [3.8, 4) is 17.2 Å². The smallest absolute Gasteiger partial charge is 0.339 e. The Hall–Kier alpha value is -3.02. The number of fused-ring (bicyclic) bond motifs is 5. The van der Waals surface area contributed by atoms with E-state index in [4.69, 9.17) is 9.15 Å². The second-order valence-electron chi connectivity index (χ2n) is 7.19. The third-order valence-corrected chi connectivity index (χ3v) is 5.81. The molecule has 0 bridgehead atoms. The first-order chi connectivity index (χ1) is 12.5. The van der Waals surface area contributed by atoms with E-state index < -0.39 is 5.63 Å². The van der Waals surface area contributed by atoms with Crippen molar-refractivity contribution in [2.75, 3.05) is 7.11 Å². The van der Waals surface area contributed by atoms with Crippen molar-refractivity contribution >= 4 is 11.0 Å². The van der Waals surface area contributed by atoms with E-state index in [1.165, 1.54) is 0 Å². The first-order valence-corrected chi connectivity index (χ1v) is 8.60. The largest absolute Gasteiger partial charge is 0.507 e. The minimum Gasteiger partial charge on any atom is -0.507 e. The zero-order valence-electron chi connectivity index (χ0n) is 14.5. The average molecular weight is 351 g/mol. The van der Waals surface area contributed by atoms with Gasteiger partial charge in [0.15, 0.2) is 5.58 Å². The molecule has 1 N–H and O–H groups in total. The molecule has 1 aliphatic carbocycles. The van der Waals surface area contributed by atoms with E-state index >= 15 is 0 Å². The van der Waals surface area contributed by atoms with Gasteiger partial charge in [-0.05, 0) is 49.9 Å². The number of benzene rings is 1. The highest BCUT2D eigenvalue weighted by Gasteiger charge is 2.45. The SMILES string of the molecule is COc1ccc2c(c1)[C@@]1(C)CCCc3c1n-2c(=O)c1c(O)cc(=O)oc31. The Bertz CT molecular complexity index is 1220. The molecule has 0 radical (unpaired) electrons. The molecule has 6 heteroatoms. The first kappa shape index (κ1) is 15.3. The van der Waals surface area contributed by atoms with E-state index in [9.17, 15) is 14.7 Å². The molecule has 0 fully saturated rings. The van der Waals surface area contributed by atoms with Gasteiger partial charge in [-0.1, -0.05) is 0 Å². The van der Waals surface area contributed by atoms with Crippen LogP contribution in [0.2, 0.25) is 0 Å². The van der Waals surface area contributed by atoms with Gasteiger partial charge in [-0.25, -0.2) is 4.79 Å². The number of rotatable bonds is 1. The maximum absolute atomic E-state index is 13.3. The van der Waals surface area contributed by atoms with Crippen molar-refractivity contribution in [1.29, 1.82) is 0 Å². The van der Waals surface area contributed by atoms with Crippen LogP contribution in [0, 0.1) is 0 Å². The summed E-state index contributed by atoms with van der Waals surface area (Å²) < 4.78 is 12.4. The molecule has 0 saturated carbocycles. The fraction of sp³-hybridized carbons (Fsp3) is 0.300. The van der Waals surface area contributed by atoms with Crippen LogP contribution in [0.15, 0.2) is 38.3 Å². The number of hydrogen-bond acceptors (Lipinski definition) is 5. The molecule has 3 heterocycles. The van der Waals surface area contributed by atoms with E-state index in [1.807, 2.05) is 18.2 Å². The molecule has 1 aliphatic heterocycles. The highest BCUT2D eigenvalue weighted by molar-refractivity contribution is 5.87.